The normalized spacial score (nSPS) is 30.6. The number of carbonyl (C=O) groups is 1. The van der Waals surface area contributed by atoms with Gasteiger partial charge in [-0.05, 0) is 25.2 Å². The Morgan fingerprint density at radius 3 is 2.76 bits per heavy atom. The summed E-state index contributed by atoms with van der Waals surface area (Å²) in [5.41, 5.74) is -0.442. The minimum atomic E-state index is -0.826. The first-order chi connectivity index (χ1) is 8.01. The molecule has 0 amide bonds. The molecule has 3 nitrogen and oxygen atoms in total. The van der Waals surface area contributed by atoms with Crippen molar-refractivity contribution < 1.29 is 14.6 Å². The van der Waals surface area contributed by atoms with E-state index in [1.807, 2.05) is 13.8 Å². The van der Waals surface area contributed by atoms with Crippen LogP contribution in [-0.4, -0.2) is 23.8 Å². The Morgan fingerprint density at radius 1 is 1.53 bits per heavy atom. The van der Waals surface area contributed by atoms with E-state index in [4.69, 9.17) is 4.74 Å². The minimum Gasteiger partial charge on any atom is -0.367 e. The van der Waals surface area contributed by atoms with Crippen molar-refractivity contribution in [2.24, 2.45) is 11.3 Å². The Morgan fingerprint density at radius 2 is 2.24 bits per heavy atom. The summed E-state index contributed by atoms with van der Waals surface area (Å²) in [4.78, 5) is 10.7. The van der Waals surface area contributed by atoms with Crippen LogP contribution < -0.4 is 0 Å². The molecule has 0 heterocycles. The minimum absolute atomic E-state index is 0.159. The predicted octanol–water partition coefficient (Wildman–Crippen LogP) is 2.91. The summed E-state index contributed by atoms with van der Waals surface area (Å²) >= 11 is 0. The van der Waals surface area contributed by atoms with Gasteiger partial charge in [0.25, 0.3) is 0 Å². The molecule has 1 rings (SSSR count). The maximum absolute atomic E-state index is 10.7. The van der Waals surface area contributed by atoms with E-state index in [-0.39, 0.29) is 6.10 Å². The van der Waals surface area contributed by atoms with E-state index < -0.39 is 11.7 Å². The van der Waals surface area contributed by atoms with Gasteiger partial charge >= 0.3 is 0 Å². The van der Waals surface area contributed by atoms with Crippen molar-refractivity contribution in [1.82, 2.24) is 0 Å². The lowest BCUT2D eigenvalue weighted by atomic mass is 9.83. The van der Waals surface area contributed by atoms with Gasteiger partial charge in [0.2, 0.25) is 0 Å². The highest BCUT2D eigenvalue weighted by Crippen LogP contribution is 2.33. The lowest BCUT2D eigenvalue weighted by Gasteiger charge is -2.36. The number of hydrogen-bond donors (Lipinski definition) is 1. The van der Waals surface area contributed by atoms with Crippen LogP contribution in [0.2, 0.25) is 0 Å². The molecule has 0 radical (unpaired) electrons. The standard InChI is InChI=1S/C14H26O3/c1-4-14(3,8-9-15)13(16)17-12-7-5-6-11(2)10-12/h9,11-13,16H,4-8,10H2,1-3H3. The van der Waals surface area contributed by atoms with Gasteiger partial charge in [-0.25, -0.2) is 0 Å². The first-order valence-corrected chi connectivity index (χ1v) is 6.79. The smallest absolute Gasteiger partial charge is 0.160 e. The van der Waals surface area contributed by atoms with Crippen molar-refractivity contribution >= 4 is 6.29 Å². The van der Waals surface area contributed by atoms with E-state index in [0.29, 0.717) is 12.3 Å². The number of aldehydes is 1. The fraction of sp³-hybridized carbons (Fsp3) is 0.929. The average molecular weight is 242 g/mol. The van der Waals surface area contributed by atoms with Gasteiger partial charge in [-0.1, -0.05) is 33.6 Å². The third-order valence-electron chi connectivity index (χ3n) is 4.16. The van der Waals surface area contributed by atoms with Crippen molar-refractivity contribution in [3.05, 3.63) is 0 Å². The van der Waals surface area contributed by atoms with Crippen LogP contribution in [0.5, 0.6) is 0 Å². The predicted molar refractivity (Wildman–Crippen MR) is 67.6 cm³/mol. The molecule has 4 atom stereocenters. The van der Waals surface area contributed by atoms with E-state index in [2.05, 4.69) is 6.92 Å². The number of rotatable bonds is 6. The highest BCUT2D eigenvalue weighted by atomic mass is 16.6. The maximum atomic E-state index is 10.7. The number of ether oxygens (including phenoxy) is 1. The largest absolute Gasteiger partial charge is 0.367 e. The third kappa shape index (κ3) is 4.07. The Labute approximate surface area is 105 Å². The van der Waals surface area contributed by atoms with Gasteiger partial charge in [0.1, 0.15) is 6.29 Å². The Kier molecular flexibility index (Phi) is 5.60. The van der Waals surface area contributed by atoms with E-state index in [1.165, 1.54) is 12.8 Å². The number of aliphatic hydroxyl groups is 1. The highest BCUT2D eigenvalue weighted by molar-refractivity contribution is 5.50. The zero-order chi connectivity index (χ0) is 12.9. The Balaban J connectivity index is 2.51. The molecule has 1 N–H and O–H groups in total. The van der Waals surface area contributed by atoms with Gasteiger partial charge in [-0.3, -0.25) is 0 Å². The van der Waals surface area contributed by atoms with Crippen LogP contribution in [0.25, 0.3) is 0 Å². The van der Waals surface area contributed by atoms with Gasteiger partial charge in [-0.15, -0.1) is 0 Å². The summed E-state index contributed by atoms with van der Waals surface area (Å²) < 4.78 is 5.77. The summed E-state index contributed by atoms with van der Waals surface area (Å²) in [6, 6.07) is 0. The second kappa shape index (κ2) is 6.50. The quantitative estimate of drug-likeness (QED) is 0.575. The monoisotopic (exact) mass is 242 g/mol. The first-order valence-electron chi connectivity index (χ1n) is 6.79. The lowest BCUT2D eigenvalue weighted by Crippen LogP contribution is -2.38. The number of carbonyl (C=O) groups excluding carboxylic acids is 1. The first kappa shape index (κ1) is 14.7. The van der Waals surface area contributed by atoms with E-state index >= 15 is 0 Å². The van der Waals surface area contributed by atoms with Crippen LogP contribution >= 0.6 is 0 Å². The average Bonchev–Trinajstić information content (AvgIpc) is 2.29. The molecule has 0 spiro atoms. The van der Waals surface area contributed by atoms with Crippen molar-refractivity contribution in [2.45, 2.75) is 71.7 Å². The molecule has 4 unspecified atom stereocenters. The molecule has 0 aromatic carbocycles. The van der Waals surface area contributed by atoms with Crippen molar-refractivity contribution in [3.8, 4) is 0 Å². The van der Waals surface area contributed by atoms with Gasteiger partial charge < -0.3 is 14.6 Å². The molecular formula is C14H26O3. The molecule has 1 saturated carbocycles. The summed E-state index contributed by atoms with van der Waals surface area (Å²) in [5.74, 6) is 0.680. The van der Waals surface area contributed by atoms with Crippen LogP contribution in [0.1, 0.15) is 59.3 Å². The van der Waals surface area contributed by atoms with E-state index in [1.54, 1.807) is 0 Å². The second-order valence-corrected chi connectivity index (χ2v) is 5.76. The topological polar surface area (TPSA) is 46.5 Å². The fourth-order valence-electron chi connectivity index (χ4n) is 2.46. The number of aliphatic hydroxyl groups excluding tert-OH is 1. The Bertz CT molecular complexity index is 242. The van der Waals surface area contributed by atoms with Crippen molar-refractivity contribution in [3.63, 3.8) is 0 Å². The third-order valence-corrected chi connectivity index (χ3v) is 4.16. The molecule has 0 bridgehead atoms. The molecule has 3 heteroatoms. The van der Waals surface area contributed by atoms with Crippen LogP contribution in [0, 0.1) is 11.3 Å². The van der Waals surface area contributed by atoms with E-state index in [9.17, 15) is 9.90 Å². The molecule has 100 valence electrons. The lowest BCUT2D eigenvalue weighted by molar-refractivity contribution is -0.206. The zero-order valence-electron chi connectivity index (χ0n) is 11.3. The molecule has 1 aliphatic carbocycles. The SMILES string of the molecule is CCC(C)(CC=O)C(O)OC1CCCC(C)C1. The van der Waals surface area contributed by atoms with Crippen LogP contribution in [0.3, 0.4) is 0 Å². The maximum Gasteiger partial charge on any atom is 0.160 e. The van der Waals surface area contributed by atoms with Gasteiger partial charge in [-0.2, -0.15) is 0 Å². The van der Waals surface area contributed by atoms with Gasteiger partial charge in [0.05, 0.1) is 6.10 Å². The van der Waals surface area contributed by atoms with Crippen LogP contribution in [0.15, 0.2) is 0 Å². The summed E-state index contributed by atoms with van der Waals surface area (Å²) in [6.45, 7) is 6.13. The van der Waals surface area contributed by atoms with Crippen molar-refractivity contribution in [2.75, 3.05) is 0 Å². The fourth-order valence-corrected chi connectivity index (χ4v) is 2.46. The van der Waals surface area contributed by atoms with Gasteiger partial charge in [0.15, 0.2) is 6.29 Å². The molecule has 0 aliphatic heterocycles. The zero-order valence-corrected chi connectivity index (χ0v) is 11.3. The molecule has 0 aromatic heterocycles. The Hall–Kier alpha value is -0.410. The van der Waals surface area contributed by atoms with Crippen LogP contribution in [-0.2, 0) is 9.53 Å². The summed E-state index contributed by atoms with van der Waals surface area (Å²) in [5, 5.41) is 10.2. The van der Waals surface area contributed by atoms with Gasteiger partial charge in [0, 0.05) is 11.8 Å². The molecule has 0 saturated heterocycles. The molecule has 1 fully saturated rings. The molecule has 0 aromatic rings. The summed E-state index contributed by atoms with van der Waals surface area (Å²) in [6.07, 6.45) is 5.80. The summed E-state index contributed by atoms with van der Waals surface area (Å²) in [7, 11) is 0. The van der Waals surface area contributed by atoms with E-state index in [0.717, 1.165) is 25.5 Å². The second-order valence-electron chi connectivity index (χ2n) is 5.76. The highest BCUT2D eigenvalue weighted by Gasteiger charge is 2.34. The van der Waals surface area contributed by atoms with Crippen molar-refractivity contribution in [1.29, 1.82) is 0 Å². The number of hydrogen-bond acceptors (Lipinski definition) is 3. The molecular weight excluding hydrogens is 216 g/mol. The van der Waals surface area contributed by atoms with Crippen LogP contribution in [0.4, 0.5) is 0 Å². The molecule has 1 aliphatic rings. The molecule has 17 heavy (non-hydrogen) atoms.